The largest absolute Gasteiger partial charge is 0.336 e. The number of piperidine rings is 1. The molecule has 2 unspecified atom stereocenters. The molecule has 0 bridgehead atoms. The van der Waals surface area contributed by atoms with Crippen LogP contribution in [-0.4, -0.2) is 46.0 Å². The Hall–Kier alpha value is -0.610. The lowest BCUT2D eigenvalue weighted by molar-refractivity contribution is -0.160. The average molecular weight is 267 g/mol. The molecular formula is C15H29N3O. The summed E-state index contributed by atoms with van der Waals surface area (Å²) in [5.74, 6) is 0.803. The van der Waals surface area contributed by atoms with Crippen LogP contribution in [0, 0.1) is 5.92 Å². The van der Waals surface area contributed by atoms with Crippen molar-refractivity contribution in [2.75, 3.05) is 13.1 Å². The van der Waals surface area contributed by atoms with Gasteiger partial charge in [0, 0.05) is 24.2 Å². The van der Waals surface area contributed by atoms with Gasteiger partial charge < -0.3 is 4.90 Å². The topological polar surface area (TPSA) is 35.6 Å². The summed E-state index contributed by atoms with van der Waals surface area (Å²) >= 11 is 0. The molecule has 0 aromatic heterocycles. The molecule has 0 spiro atoms. The van der Waals surface area contributed by atoms with Crippen LogP contribution in [0.15, 0.2) is 0 Å². The molecular weight excluding hydrogens is 238 g/mol. The van der Waals surface area contributed by atoms with Crippen molar-refractivity contribution in [3.8, 4) is 0 Å². The van der Waals surface area contributed by atoms with Gasteiger partial charge in [0.2, 0.25) is 5.91 Å². The number of nitrogens with zero attached hydrogens (tertiary/aromatic N) is 2. The maximum Gasteiger partial charge on any atom is 0.242 e. The Morgan fingerprint density at radius 1 is 1.05 bits per heavy atom. The molecule has 1 N–H and O–H groups in total. The molecule has 19 heavy (non-hydrogen) atoms. The molecule has 2 atom stereocenters. The molecule has 2 saturated heterocycles. The Bertz CT molecular complexity index is 353. The third-order valence-corrected chi connectivity index (χ3v) is 4.30. The summed E-state index contributed by atoms with van der Waals surface area (Å²) in [5.41, 5.74) is 3.34. The summed E-state index contributed by atoms with van der Waals surface area (Å²) < 4.78 is 0. The monoisotopic (exact) mass is 267 g/mol. The third kappa shape index (κ3) is 2.79. The van der Waals surface area contributed by atoms with E-state index in [0.29, 0.717) is 11.8 Å². The molecule has 4 nitrogen and oxygen atoms in total. The zero-order chi connectivity index (χ0) is 14.4. The van der Waals surface area contributed by atoms with Crippen molar-refractivity contribution >= 4 is 5.91 Å². The SMILES string of the molecule is CC(C)(C)N1CCC2CCNN(C(C)(C)C)C2C1=O. The third-order valence-electron chi connectivity index (χ3n) is 4.30. The van der Waals surface area contributed by atoms with Crippen LogP contribution >= 0.6 is 0 Å². The Labute approximate surface area is 117 Å². The summed E-state index contributed by atoms with van der Waals surface area (Å²) in [4.78, 5) is 15.0. The van der Waals surface area contributed by atoms with E-state index < -0.39 is 0 Å². The number of nitrogens with one attached hydrogen (secondary N) is 1. The Kier molecular flexibility index (Phi) is 3.69. The van der Waals surface area contributed by atoms with Crippen molar-refractivity contribution in [3.63, 3.8) is 0 Å². The van der Waals surface area contributed by atoms with Gasteiger partial charge in [0.05, 0.1) is 0 Å². The van der Waals surface area contributed by atoms with Crippen LogP contribution in [0.1, 0.15) is 54.4 Å². The fourth-order valence-electron chi connectivity index (χ4n) is 3.34. The van der Waals surface area contributed by atoms with Gasteiger partial charge in [-0.2, -0.15) is 0 Å². The second kappa shape index (κ2) is 4.74. The van der Waals surface area contributed by atoms with Crippen molar-refractivity contribution < 1.29 is 4.79 Å². The number of fused-ring (bicyclic) bond motifs is 1. The van der Waals surface area contributed by atoms with E-state index in [4.69, 9.17) is 0 Å². The van der Waals surface area contributed by atoms with Gasteiger partial charge in [0.1, 0.15) is 6.04 Å². The number of hydrogen-bond acceptors (Lipinski definition) is 3. The van der Waals surface area contributed by atoms with Crippen LogP contribution < -0.4 is 5.43 Å². The fourth-order valence-corrected chi connectivity index (χ4v) is 3.34. The predicted molar refractivity (Wildman–Crippen MR) is 77.6 cm³/mol. The Morgan fingerprint density at radius 3 is 2.21 bits per heavy atom. The molecule has 0 radical (unpaired) electrons. The van der Waals surface area contributed by atoms with Gasteiger partial charge in [-0.05, 0) is 60.3 Å². The first-order chi connectivity index (χ1) is 8.62. The summed E-state index contributed by atoms with van der Waals surface area (Å²) in [5, 5.41) is 2.20. The van der Waals surface area contributed by atoms with E-state index in [9.17, 15) is 4.79 Å². The number of carbonyl (C=O) groups excluding carboxylic acids is 1. The minimum Gasteiger partial charge on any atom is -0.336 e. The number of rotatable bonds is 0. The van der Waals surface area contributed by atoms with Gasteiger partial charge in [0.15, 0.2) is 0 Å². The van der Waals surface area contributed by atoms with Crippen LogP contribution in [0.5, 0.6) is 0 Å². The van der Waals surface area contributed by atoms with E-state index in [1.54, 1.807) is 0 Å². The van der Waals surface area contributed by atoms with Gasteiger partial charge in [-0.1, -0.05) is 0 Å². The van der Waals surface area contributed by atoms with Crippen molar-refractivity contribution in [3.05, 3.63) is 0 Å². The van der Waals surface area contributed by atoms with Gasteiger partial charge in [-0.15, -0.1) is 0 Å². The Balaban J connectivity index is 2.27. The highest BCUT2D eigenvalue weighted by molar-refractivity contribution is 5.84. The predicted octanol–water partition coefficient (Wildman–Crippen LogP) is 2.01. The summed E-state index contributed by atoms with van der Waals surface area (Å²) in [6.45, 7) is 14.8. The lowest BCUT2D eigenvalue weighted by atomic mass is 9.82. The highest BCUT2D eigenvalue weighted by Gasteiger charge is 2.47. The molecule has 2 fully saturated rings. The Morgan fingerprint density at radius 2 is 1.68 bits per heavy atom. The maximum atomic E-state index is 12.9. The normalized spacial score (nSPS) is 30.4. The van der Waals surface area contributed by atoms with E-state index in [2.05, 4.69) is 56.9 Å². The summed E-state index contributed by atoms with van der Waals surface area (Å²) in [6.07, 6.45) is 2.24. The number of carbonyl (C=O) groups is 1. The van der Waals surface area contributed by atoms with Gasteiger partial charge >= 0.3 is 0 Å². The quantitative estimate of drug-likeness (QED) is 0.729. The molecule has 2 rings (SSSR count). The van der Waals surface area contributed by atoms with Gasteiger partial charge in [0.25, 0.3) is 0 Å². The van der Waals surface area contributed by atoms with Crippen LogP contribution in [0.2, 0.25) is 0 Å². The standard InChI is InChI=1S/C15H29N3O/c1-14(2,3)17-10-8-11-7-9-16-18(15(4,5)6)12(11)13(17)19/h11-12,16H,7-10H2,1-6H3. The minimum absolute atomic E-state index is 0.00160. The molecule has 2 aliphatic rings. The second-order valence-corrected chi connectivity index (χ2v) is 7.89. The first-order valence-corrected chi connectivity index (χ1v) is 7.47. The molecule has 0 aliphatic carbocycles. The maximum absolute atomic E-state index is 12.9. The number of hydrazine groups is 1. The van der Waals surface area contributed by atoms with Crippen LogP contribution in [-0.2, 0) is 4.79 Å². The van der Waals surface area contributed by atoms with E-state index in [1.165, 1.54) is 0 Å². The first-order valence-electron chi connectivity index (χ1n) is 7.47. The van der Waals surface area contributed by atoms with Crippen molar-refractivity contribution in [2.45, 2.75) is 71.5 Å². The van der Waals surface area contributed by atoms with E-state index in [0.717, 1.165) is 25.9 Å². The van der Waals surface area contributed by atoms with Crippen molar-refractivity contribution in [1.29, 1.82) is 0 Å². The molecule has 0 saturated carbocycles. The zero-order valence-electron chi connectivity index (χ0n) is 13.3. The molecule has 4 heteroatoms. The second-order valence-electron chi connectivity index (χ2n) is 7.89. The van der Waals surface area contributed by atoms with Gasteiger partial charge in [-0.3, -0.25) is 10.2 Å². The summed E-state index contributed by atoms with van der Waals surface area (Å²) in [7, 11) is 0. The van der Waals surface area contributed by atoms with Crippen LogP contribution in [0.4, 0.5) is 0 Å². The smallest absolute Gasteiger partial charge is 0.242 e. The molecule has 110 valence electrons. The minimum atomic E-state index is -0.0803. The molecule has 2 aliphatic heterocycles. The first kappa shape index (κ1) is 14.8. The molecule has 2 heterocycles. The highest BCUT2D eigenvalue weighted by Crippen LogP contribution is 2.34. The lowest BCUT2D eigenvalue weighted by Gasteiger charge is -2.53. The molecule has 1 amide bonds. The van der Waals surface area contributed by atoms with E-state index in [-0.39, 0.29) is 17.1 Å². The number of amides is 1. The van der Waals surface area contributed by atoms with Crippen molar-refractivity contribution in [2.24, 2.45) is 5.92 Å². The summed E-state index contributed by atoms with van der Waals surface area (Å²) in [6, 6.07) is 0.00160. The lowest BCUT2D eigenvalue weighted by Crippen LogP contribution is -2.69. The van der Waals surface area contributed by atoms with Crippen LogP contribution in [0.3, 0.4) is 0 Å². The van der Waals surface area contributed by atoms with E-state index in [1.807, 2.05) is 0 Å². The van der Waals surface area contributed by atoms with Crippen LogP contribution in [0.25, 0.3) is 0 Å². The fraction of sp³-hybridized carbons (Fsp3) is 0.933. The molecule has 0 aromatic carbocycles. The molecule has 0 aromatic rings. The zero-order valence-corrected chi connectivity index (χ0v) is 13.3. The van der Waals surface area contributed by atoms with Gasteiger partial charge in [-0.25, -0.2) is 5.01 Å². The number of hydrogen-bond donors (Lipinski definition) is 1. The highest BCUT2D eigenvalue weighted by atomic mass is 16.2. The number of likely N-dealkylation sites (tertiary alicyclic amines) is 1. The van der Waals surface area contributed by atoms with E-state index >= 15 is 0 Å². The average Bonchev–Trinajstić information content (AvgIpc) is 2.25. The van der Waals surface area contributed by atoms with Crippen molar-refractivity contribution in [1.82, 2.24) is 15.3 Å².